The topological polar surface area (TPSA) is 186 Å². The zero-order valence-corrected chi connectivity index (χ0v) is 57.6. The van der Waals surface area contributed by atoms with Crippen molar-refractivity contribution >= 4 is 47.5 Å². The molecule has 2 unspecified atom stereocenters. The van der Waals surface area contributed by atoms with E-state index in [1.807, 2.05) is 252 Å². The van der Waals surface area contributed by atoms with Crippen molar-refractivity contribution in [3.8, 4) is 0 Å². The van der Waals surface area contributed by atoms with Gasteiger partial charge in [0.25, 0.3) is 0 Å². The minimum atomic E-state index is -1.65. The fourth-order valence-electron chi connectivity index (χ4n) is 17.3. The number of carbonyl (C=O) groups is 8. The molecule has 498 valence electrons. The zero-order valence-electron chi connectivity index (χ0n) is 57.6. The van der Waals surface area contributed by atoms with Gasteiger partial charge in [0.2, 0.25) is 23.6 Å². The molecule has 0 aromatic heterocycles. The summed E-state index contributed by atoms with van der Waals surface area (Å²) in [6.45, 7) is 31.0. The van der Waals surface area contributed by atoms with Gasteiger partial charge in [-0.15, -0.1) is 0 Å². The number of hydrogen-bond acceptors (Lipinski definition) is 12. The summed E-state index contributed by atoms with van der Waals surface area (Å²) in [7, 11) is 0. The van der Waals surface area contributed by atoms with Crippen LogP contribution in [0.15, 0.2) is 121 Å². The average molecular weight is 1260 g/mol. The summed E-state index contributed by atoms with van der Waals surface area (Å²) in [5.74, 6) is -7.12. The van der Waals surface area contributed by atoms with Crippen LogP contribution in [0.5, 0.6) is 0 Å². The number of nitrogens with zero attached hydrogens (tertiary/aromatic N) is 4. The van der Waals surface area contributed by atoms with E-state index < -0.39 is 117 Å². The molecule has 4 aliphatic rings. The summed E-state index contributed by atoms with van der Waals surface area (Å²) in [6.07, 6.45) is -1.83. The van der Waals surface area contributed by atoms with E-state index in [-0.39, 0.29) is 101 Å². The van der Waals surface area contributed by atoms with Gasteiger partial charge in [-0.25, -0.2) is 0 Å². The van der Waals surface area contributed by atoms with Gasteiger partial charge in [0.15, 0.2) is 0 Å². The fourth-order valence-corrected chi connectivity index (χ4v) is 17.3. The lowest BCUT2D eigenvalue weighted by Crippen LogP contribution is -2.65. The van der Waals surface area contributed by atoms with E-state index in [0.717, 1.165) is 22.3 Å². The molecule has 4 aromatic carbocycles. The van der Waals surface area contributed by atoms with Gasteiger partial charge in [0.1, 0.15) is 24.4 Å². The Kier molecular flexibility index (Phi) is 20.9. The molecule has 4 aromatic rings. The van der Waals surface area contributed by atoms with E-state index in [9.17, 15) is 19.2 Å². The summed E-state index contributed by atoms with van der Waals surface area (Å²) < 4.78 is 26.0. The predicted octanol–water partition coefficient (Wildman–Crippen LogP) is 12.3. The Morgan fingerprint density at radius 2 is 0.478 bits per heavy atom. The number of likely N-dealkylation sites (tertiary alicyclic amines) is 4. The number of piperidine rings is 4. The van der Waals surface area contributed by atoms with Crippen LogP contribution in [-0.4, -0.2) is 136 Å². The molecule has 2 atom stereocenters. The highest BCUT2D eigenvalue weighted by Gasteiger charge is 2.55. The average Bonchev–Trinajstić information content (AvgIpc) is 0.790. The first-order valence-corrected chi connectivity index (χ1v) is 33.1. The maximum absolute atomic E-state index is 15.7. The van der Waals surface area contributed by atoms with Gasteiger partial charge in [-0.1, -0.05) is 121 Å². The lowest BCUT2D eigenvalue weighted by Gasteiger charge is -2.55. The standard InChI is InChI=1S/C76H102N4O12/c1-69(2)43-55(44-70(3,4)77(69)61(81)37-51-29-21-17-22-30-51)89-65(85)41-59(67(87)91-57-47-73(9,10)79(74(11,12)48-57)63(83)39-53-33-25-19-26-34-53)60(68(88)92-58-49-75(13,14)80(76(15,16)50-58)64(84)40-54-35-27-20-28-36-54)42-66(86)90-56-45-71(5,6)78(72(7,8)46-56)62(82)38-52-31-23-18-24-32-52/h17-36,55-60H,37-50H2,1-16H3. The van der Waals surface area contributed by atoms with E-state index >= 15 is 19.2 Å². The van der Waals surface area contributed by atoms with E-state index in [1.54, 1.807) is 0 Å². The fraction of sp³-hybridized carbons (Fsp3) is 0.579. The molecular formula is C76H102N4O12. The van der Waals surface area contributed by atoms with E-state index in [2.05, 4.69) is 0 Å². The number of rotatable bonds is 19. The molecule has 8 rings (SSSR count). The van der Waals surface area contributed by atoms with Gasteiger partial charge in [0, 0.05) is 95.7 Å². The molecule has 0 bridgehead atoms. The Labute approximate surface area is 546 Å². The smallest absolute Gasteiger partial charge is 0.310 e. The van der Waals surface area contributed by atoms with E-state index in [0.29, 0.717) is 0 Å². The maximum Gasteiger partial charge on any atom is 0.310 e. The Hall–Kier alpha value is -7.36. The van der Waals surface area contributed by atoms with Crippen LogP contribution in [0.3, 0.4) is 0 Å². The highest BCUT2D eigenvalue weighted by atomic mass is 16.6. The van der Waals surface area contributed by atoms with Gasteiger partial charge in [0.05, 0.1) is 50.4 Å². The second-order valence-corrected chi connectivity index (χ2v) is 31.7. The van der Waals surface area contributed by atoms with Crippen LogP contribution in [0.4, 0.5) is 0 Å². The first kappa shape index (κ1) is 70.5. The van der Waals surface area contributed by atoms with Gasteiger partial charge in [-0.05, 0) is 133 Å². The quantitative estimate of drug-likeness (QED) is 0.0640. The molecule has 0 aliphatic carbocycles. The monoisotopic (exact) mass is 1260 g/mol. The highest BCUT2D eigenvalue weighted by molar-refractivity contribution is 5.89. The van der Waals surface area contributed by atoms with Gasteiger partial charge < -0.3 is 38.5 Å². The predicted molar refractivity (Wildman–Crippen MR) is 353 cm³/mol. The first-order chi connectivity index (χ1) is 42.8. The number of benzene rings is 4. The van der Waals surface area contributed by atoms with Crippen LogP contribution >= 0.6 is 0 Å². The van der Waals surface area contributed by atoms with E-state index in [1.165, 1.54) is 0 Å². The molecule has 16 heteroatoms. The van der Waals surface area contributed by atoms with Crippen LogP contribution < -0.4 is 0 Å². The minimum absolute atomic E-state index is 0.0739. The normalized spacial score (nSPS) is 21.4. The Morgan fingerprint density at radius 1 is 0.304 bits per heavy atom. The lowest BCUT2D eigenvalue weighted by atomic mass is 9.77. The van der Waals surface area contributed by atoms with Crippen molar-refractivity contribution in [2.75, 3.05) is 0 Å². The SMILES string of the molecule is CC1(C)CC(OC(=O)CC(C(=O)OC2CC(C)(C)N(C(=O)Cc3ccccc3)C(C)(C)C2)C(CC(=O)OC2CC(C)(C)N(C(=O)Cc3ccccc3)C(C)(C)C2)C(=O)OC2CC(C)(C)N(C(=O)Cc3ccccc3)C(C)(C)C2)CC(C)(C)N1C(=O)Cc1ccccc1. The van der Waals surface area contributed by atoms with Crippen LogP contribution in [0.25, 0.3) is 0 Å². The lowest BCUT2D eigenvalue weighted by molar-refractivity contribution is -0.186. The second-order valence-electron chi connectivity index (χ2n) is 31.7. The molecule has 16 nitrogen and oxygen atoms in total. The zero-order chi connectivity index (χ0) is 67.6. The van der Waals surface area contributed by atoms with Crippen LogP contribution in [-0.2, 0) is 83.0 Å². The Bertz CT molecular complexity index is 3010. The van der Waals surface area contributed by atoms with Crippen LogP contribution in [0.1, 0.15) is 197 Å². The number of amides is 4. The maximum atomic E-state index is 15.7. The number of esters is 4. The van der Waals surface area contributed by atoms with Crippen molar-refractivity contribution in [1.29, 1.82) is 0 Å². The summed E-state index contributed by atoms with van der Waals surface area (Å²) >= 11 is 0. The van der Waals surface area contributed by atoms with Gasteiger partial charge in [-0.3, -0.25) is 38.4 Å². The number of ether oxygens (including phenoxy) is 4. The first-order valence-electron chi connectivity index (χ1n) is 33.1. The van der Waals surface area contributed by atoms with Crippen LogP contribution in [0.2, 0.25) is 0 Å². The van der Waals surface area contributed by atoms with Crippen molar-refractivity contribution in [3.05, 3.63) is 144 Å². The molecule has 0 spiro atoms. The molecule has 92 heavy (non-hydrogen) atoms. The molecule has 4 amide bonds. The Morgan fingerprint density at radius 3 is 0.663 bits per heavy atom. The van der Waals surface area contributed by atoms with Crippen molar-refractivity contribution < 1.29 is 57.3 Å². The van der Waals surface area contributed by atoms with Crippen molar-refractivity contribution in [3.63, 3.8) is 0 Å². The molecule has 4 fully saturated rings. The highest BCUT2D eigenvalue weighted by Crippen LogP contribution is 2.46. The summed E-state index contributed by atoms with van der Waals surface area (Å²) in [5, 5.41) is 0. The van der Waals surface area contributed by atoms with Crippen molar-refractivity contribution in [2.24, 2.45) is 11.8 Å². The molecule has 0 saturated carbocycles. The third kappa shape index (κ3) is 16.9. The molecular weight excluding hydrogens is 1160 g/mol. The largest absolute Gasteiger partial charge is 0.462 e. The molecule has 4 saturated heterocycles. The summed E-state index contributed by atoms with van der Waals surface area (Å²) in [4.78, 5) is 126. The summed E-state index contributed by atoms with van der Waals surface area (Å²) in [5.41, 5.74) is -3.06. The van der Waals surface area contributed by atoms with Gasteiger partial charge >= 0.3 is 23.9 Å². The molecule has 0 radical (unpaired) electrons. The number of carbonyl (C=O) groups excluding carboxylic acids is 8. The minimum Gasteiger partial charge on any atom is -0.462 e. The molecule has 4 aliphatic heterocycles. The van der Waals surface area contributed by atoms with Crippen molar-refractivity contribution in [1.82, 2.24) is 19.6 Å². The molecule has 4 heterocycles. The third-order valence-corrected chi connectivity index (χ3v) is 19.5. The number of hydrogen-bond donors (Lipinski definition) is 0. The summed E-state index contributed by atoms with van der Waals surface area (Å²) in [6, 6.07) is 38.1. The van der Waals surface area contributed by atoms with Crippen LogP contribution in [0, 0.1) is 11.8 Å². The van der Waals surface area contributed by atoms with Gasteiger partial charge in [-0.2, -0.15) is 0 Å². The van der Waals surface area contributed by atoms with Crippen molar-refractivity contribution in [2.45, 2.75) is 269 Å². The second kappa shape index (κ2) is 27.3. The third-order valence-electron chi connectivity index (χ3n) is 19.5. The van der Waals surface area contributed by atoms with E-state index in [4.69, 9.17) is 18.9 Å². The molecule has 0 N–H and O–H groups in total. The Balaban J connectivity index is 1.11.